The van der Waals surface area contributed by atoms with Crippen molar-refractivity contribution in [3.8, 4) is 0 Å². The number of hydrogen-bond donors (Lipinski definition) is 2. The fourth-order valence-electron chi connectivity index (χ4n) is 3.94. The van der Waals surface area contributed by atoms with Crippen LogP contribution < -0.4 is 10.2 Å². The molecule has 2 aliphatic rings. The van der Waals surface area contributed by atoms with E-state index < -0.39 is 11.9 Å². The van der Waals surface area contributed by atoms with Crippen LogP contribution in [0.3, 0.4) is 0 Å². The number of aliphatic hydroxyl groups is 1. The first kappa shape index (κ1) is 23.9. The summed E-state index contributed by atoms with van der Waals surface area (Å²) in [6.07, 6.45) is 0. The van der Waals surface area contributed by atoms with E-state index in [1.807, 2.05) is 18.7 Å². The fraction of sp³-hybridized carbons (Fsp3) is 0.500. The van der Waals surface area contributed by atoms with Gasteiger partial charge in [-0.25, -0.2) is 4.79 Å². The summed E-state index contributed by atoms with van der Waals surface area (Å²) < 4.78 is 4.85. The lowest BCUT2D eigenvalue weighted by molar-refractivity contribution is -0.136. The van der Waals surface area contributed by atoms with Gasteiger partial charge in [0.05, 0.1) is 42.2 Å². The molecule has 0 spiro atoms. The number of carbonyl (C=O) groups excluding carboxylic acids is 3. The first-order chi connectivity index (χ1) is 15.3. The normalized spacial score (nSPS) is 16.8. The SMILES string of the molecule is COC(=O)C1=C(Nc2cccc(Cl)c2N2CCN(C(=O)C(C)C)CC2)C(=O)N(CCO)C1. The Hall–Kier alpha value is -2.78. The Bertz CT molecular complexity index is 925. The molecule has 174 valence electrons. The second kappa shape index (κ2) is 10.2. The van der Waals surface area contributed by atoms with E-state index in [0.717, 1.165) is 0 Å². The molecule has 1 aromatic carbocycles. The highest BCUT2D eigenvalue weighted by molar-refractivity contribution is 6.34. The van der Waals surface area contributed by atoms with Crippen molar-refractivity contribution < 1.29 is 24.2 Å². The summed E-state index contributed by atoms with van der Waals surface area (Å²) in [6.45, 7) is 6.04. The third-order valence-corrected chi connectivity index (χ3v) is 5.91. The van der Waals surface area contributed by atoms with E-state index in [1.165, 1.54) is 12.0 Å². The molecule has 32 heavy (non-hydrogen) atoms. The largest absolute Gasteiger partial charge is 0.466 e. The Labute approximate surface area is 192 Å². The summed E-state index contributed by atoms with van der Waals surface area (Å²) >= 11 is 6.54. The van der Waals surface area contributed by atoms with Crippen molar-refractivity contribution in [2.75, 3.05) is 63.2 Å². The molecule has 0 aliphatic carbocycles. The minimum Gasteiger partial charge on any atom is -0.466 e. The lowest BCUT2D eigenvalue weighted by Crippen LogP contribution is -2.50. The number of β-amino-alcohol motifs (C(OH)–C–C–N with tert-alkyl or cyclic N) is 1. The van der Waals surface area contributed by atoms with E-state index in [2.05, 4.69) is 10.2 Å². The Balaban J connectivity index is 1.87. The standard InChI is InChI=1S/C22H29ClN4O5/c1-14(2)20(29)26-9-7-25(8-10-26)19-16(23)5-4-6-17(19)24-18-15(22(31)32-3)13-27(11-12-28)21(18)30/h4-6,14,24,28H,7-13H2,1-3H3. The lowest BCUT2D eigenvalue weighted by atomic mass is 10.1. The van der Waals surface area contributed by atoms with Crippen LogP contribution >= 0.6 is 11.6 Å². The second-order valence-corrected chi connectivity index (χ2v) is 8.43. The molecule has 1 fully saturated rings. The van der Waals surface area contributed by atoms with Gasteiger partial charge in [-0.15, -0.1) is 0 Å². The predicted octanol–water partition coefficient (Wildman–Crippen LogP) is 1.32. The minimum absolute atomic E-state index is 0.0558. The zero-order valence-electron chi connectivity index (χ0n) is 18.6. The van der Waals surface area contributed by atoms with Gasteiger partial charge in [0.1, 0.15) is 5.70 Å². The number of methoxy groups -OCH3 is 1. The van der Waals surface area contributed by atoms with Crippen LogP contribution in [0.15, 0.2) is 29.5 Å². The highest BCUT2D eigenvalue weighted by Gasteiger charge is 2.35. The van der Waals surface area contributed by atoms with Gasteiger partial charge in [0, 0.05) is 38.6 Å². The molecule has 2 aliphatic heterocycles. The molecule has 0 aromatic heterocycles. The molecule has 2 N–H and O–H groups in total. The highest BCUT2D eigenvalue weighted by atomic mass is 35.5. The number of esters is 1. The molecule has 1 saturated heterocycles. The molecule has 2 amide bonds. The maximum absolute atomic E-state index is 12.9. The molecule has 2 heterocycles. The molecule has 0 unspecified atom stereocenters. The first-order valence-electron chi connectivity index (χ1n) is 10.6. The Morgan fingerprint density at radius 3 is 2.50 bits per heavy atom. The number of carbonyl (C=O) groups is 3. The van der Waals surface area contributed by atoms with Crippen molar-refractivity contribution >= 4 is 40.8 Å². The van der Waals surface area contributed by atoms with Gasteiger partial charge in [0.25, 0.3) is 5.91 Å². The number of hydrogen-bond acceptors (Lipinski definition) is 7. The van der Waals surface area contributed by atoms with Crippen molar-refractivity contribution in [3.05, 3.63) is 34.5 Å². The van der Waals surface area contributed by atoms with Gasteiger partial charge in [0.2, 0.25) is 5.91 Å². The summed E-state index contributed by atoms with van der Waals surface area (Å²) in [5.41, 5.74) is 1.60. The van der Waals surface area contributed by atoms with E-state index in [1.54, 1.807) is 18.2 Å². The Morgan fingerprint density at radius 1 is 1.22 bits per heavy atom. The lowest BCUT2D eigenvalue weighted by Gasteiger charge is -2.38. The van der Waals surface area contributed by atoms with E-state index in [9.17, 15) is 19.5 Å². The van der Waals surface area contributed by atoms with Crippen LogP contribution in [0.4, 0.5) is 11.4 Å². The van der Waals surface area contributed by atoms with Gasteiger partial charge in [-0.3, -0.25) is 9.59 Å². The van der Waals surface area contributed by atoms with E-state index in [0.29, 0.717) is 42.6 Å². The minimum atomic E-state index is -0.606. The van der Waals surface area contributed by atoms with Crippen LogP contribution in [0, 0.1) is 5.92 Å². The number of halogens is 1. The Morgan fingerprint density at radius 2 is 1.91 bits per heavy atom. The molecule has 0 bridgehead atoms. The van der Waals surface area contributed by atoms with Crippen LogP contribution in [0.25, 0.3) is 0 Å². The smallest absolute Gasteiger partial charge is 0.337 e. The number of anilines is 2. The van der Waals surface area contributed by atoms with Gasteiger partial charge < -0.3 is 29.9 Å². The third kappa shape index (κ3) is 4.83. The van der Waals surface area contributed by atoms with Gasteiger partial charge in [-0.2, -0.15) is 0 Å². The molecular formula is C22H29ClN4O5. The number of benzene rings is 1. The van der Waals surface area contributed by atoms with E-state index in [-0.39, 0.29) is 42.8 Å². The number of nitrogens with one attached hydrogen (secondary N) is 1. The summed E-state index contributed by atoms with van der Waals surface area (Å²) in [6, 6.07) is 5.31. The molecule has 0 radical (unpaired) electrons. The maximum Gasteiger partial charge on any atom is 0.337 e. The number of ether oxygens (including phenoxy) is 1. The van der Waals surface area contributed by atoms with Crippen molar-refractivity contribution in [3.63, 3.8) is 0 Å². The quantitative estimate of drug-likeness (QED) is 0.586. The van der Waals surface area contributed by atoms with Crippen LogP contribution in [-0.2, 0) is 19.1 Å². The molecular weight excluding hydrogens is 436 g/mol. The number of aliphatic hydroxyl groups excluding tert-OH is 1. The molecule has 0 atom stereocenters. The number of rotatable bonds is 7. The van der Waals surface area contributed by atoms with Crippen molar-refractivity contribution in [1.29, 1.82) is 0 Å². The summed E-state index contributed by atoms with van der Waals surface area (Å²) in [5, 5.41) is 12.8. The molecule has 1 aromatic rings. The van der Waals surface area contributed by atoms with Crippen molar-refractivity contribution in [2.45, 2.75) is 13.8 Å². The Kier molecular flexibility index (Phi) is 7.63. The third-order valence-electron chi connectivity index (χ3n) is 5.60. The predicted molar refractivity (Wildman–Crippen MR) is 121 cm³/mol. The van der Waals surface area contributed by atoms with Crippen molar-refractivity contribution in [1.82, 2.24) is 9.80 Å². The van der Waals surface area contributed by atoms with Crippen LogP contribution in [0.1, 0.15) is 13.8 Å². The van der Waals surface area contributed by atoms with Gasteiger partial charge in [-0.1, -0.05) is 31.5 Å². The van der Waals surface area contributed by atoms with Crippen LogP contribution in [-0.4, -0.2) is 85.7 Å². The zero-order valence-corrected chi connectivity index (χ0v) is 19.3. The monoisotopic (exact) mass is 464 g/mol. The number of nitrogens with zero attached hydrogens (tertiary/aromatic N) is 3. The topological polar surface area (TPSA) is 102 Å². The van der Waals surface area contributed by atoms with Crippen molar-refractivity contribution in [2.24, 2.45) is 5.92 Å². The number of amides is 2. The highest BCUT2D eigenvalue weighted by Crippen LogP contribution is 2.36. The summed E-state index contributed by atoms with van der Waals surface area (Å²) in [4.78, 5) is 42.8. The molecule has 9 nitrogen and oxygen atoms in total. The summed E-state index contributed by atoms with van der Waals surface area (Å²) in [5.74, 6) is -0.933. The second-order valence-electron chi connectivity index (χ2n) is 8.02. The number of piperazine rings is 1. The zero-order chi connectivity index (χ0) is 23.4. The van der Waals surface area contributed by atoms with Gasteiger partial charge >= 0.3 is 5.97 Å². The van der Waals surface area contributed by atoms with Crippen LogP contribution in [0.2, 0.25) is 5.02 Å². The van der Waals surface area contributed by atoms with E-state index >= 15 is 0 Å². The molecule has 0 saturated carbocycles. The average Bonchev–Trinajstić information content (AvgIpc) is 3.08. The fourth-order valence-corrected chi connectivity index (χ4v) is 4.23. The molecule has 10 heteroatoms. The summed E-state index contributed by atoms with van der Waals surface area (Å²) in [7, 11) is 1.26. The average molecular weight is 465 g/mol. The number of para-hydroxylation sites is 1. The van der Waals surface area contributed by atoms with Gasteiger partial charge in [-0.05, 0) is 12.1 Å². The molecule has 3 rings (SSSR count). The van der Waals surface area contributed by atoms with Gasteiger partial charge in [0.15, 0.2) is 0 Å². The van der Waals surface area contributed by atoms with Crippen LogP contribution in [0.5, 0.6) is 0 Å². The first-order valence-corrected chi connectivity index (χ1v) is 11.0. The van der Waals surface area contributed by atoms with E-state index in [4.69, 9.17) is 16.3 Å². The maximum atomic E-state index is 12.9.